The van der Waals surface area contributed by atoms with Gasteiger partial charge < -0.3 is 14.6 Å². The third-order valence-corrected chi connectivity index (χ3v) is 5.50. The molecule has 0 saturated heterocycles. The highest BCUT2D eigenvalue weighted by molar-refractivity contribution is 6.01. The molecule has 0 spiro atoms. The van der Waals surface area contributed by atoms with Gasteiger partial charge in [-0.15, -0.1) is 0 Å². The summed E-state index contributed by atoms with van der Waals surface area (Å²) in [5.74, 6) is -0.194. The van der Waals surface area contributed by atoms with Crippen molar-refractivity contribution < 1.29 is 19.4 Å². The van der Waals surface area contributed by atoms with Crippen molar-refractivity contribution in [1.82, 2.24) is 0 Å². The van der Waals surface area contributed by atoms with Crippen LogP contribution in [0.25, 0.3) is 16.7 Å². The topological polar surface area (TPSA) is 55.8 Å². The first kappa shape index (κ1) is 20.9. The number of fused-ring (bicyclic) bond motifs is 3. The molecule has 0 saturated carbocycles. The van der Waals surface area contributed by atoms with Crippen molar-refractivity contribution in [2.24, 2.45) is 0 Å². The van der Waals surface area contributed by atoms with E-state index >= 15 is 0 Å². The molecule has 31 heavy (non-hydrogen) atoms. The first-order valence-electron chi connectivity index (χ1n) is 10.5. The number of ether oxygens (including phenoxy) is 2. The highest BCUT2D eigenvalue weighted by atomic mass is 16.5. The number of aliphatic carboxylic acids is 1. The Morgan fingerprint density at radius 2 is 1.68 bits per heavy atom. The summed E-state index contributed by atoms with van der Waals surface area (Å²) >= 11 is 0. The zero-order valence-corrected chi connectivity index (χ0v) is 17.8. The first-order valence-corrected chi connectivity index (χ1v) is 10.5. The Kier molecular flexibility index (Phi) is 6.19. The van der Waals surface area contributed by atoms with Crippen molar-refractivity contribution in [2.45, 2.75) is 26.4 Å². The summed E-state index contributed by atoms with van der Waals surface area (Å²) in [5, 5.41) is 9.24. The molecule has 0 heterocycles. The van der Waals surface area contributed by atoms with Gasteiger partial charge >= 0.3 is 5.97 Å². The van der Waals surface area contributed by atoms with E-state index in [-0.39, 0.29) is 0 Å². The molecular weight excluding hydrogens is 388 g/mol. The minimum atomic E-state index is -0.943. The number of hydrogen-bond donors (Lipinski definition) is 1. The second-order valence-electron chi connectivity index (χ2n) is 7.65. The molecular formula is C27H26O4. The number of rotatable bonds is 8. The van der Waals surface area contributed by atoms with E-state index in [4.69, 9.17) is 9.47 Å². The summed E-state index contributed by atoms with van der Waals surface area (Å²) in [6.45, 7) is 4.73. The zero-order chi connectivity index (χ0) is 21.8. The van der Waals surface area contributed by atoms with E-state index in [2.05, 4.69) is 55.5 Å². The van der Waals surface area contributed by atoms with Crippen LogP contribution in [-0.2, 0) is 16.0 Å². The van der Waals surface area contributed by atoms with Crippen molar-refractivity contribution >= 4 is 11.5 Å². The van der Waals surface area contributed by atoms with Gasteiger partial charge in [0.15, 0.2) is 6.10 Å². The van der Waals surface area contributed by atoms with Gasteiger partial charge in [-0.05, 0) is 65.4 Å². The molecule has 3 aromatic rings. The molecule has 4 nitrogen and oxygen atoms in total. The van der Waals surface area contributed by atoms with Gasteiger partial charge in [-0.2, -0.15) is 0 Å². The van der Waals surface area contributed by atoms with E-state index < -0.39 is 12.1 Å². The summed E-state index contributed by atoms with van der Waals surface area (Å²) < 4.78 is 11.2. The van der Waals surface area contributed by atoms with Gasteiger partial charge in [-0.1, -0.05) is 60.2 Å². The predicted molar refractivity (Wildman–Crippen MR) is 122 cm³/mol. The molecule has 1 aliphatic rings. The SMILES string of the molecule is CCOC(Cc1ccc(OCC=C2c3ccccc3-c3ccc(C)cc32)cc1)C(=O)O. The van der Waals surface area contributed by atoms with E-state index in [9.17, 15) is 9.90 Å². The maximum Gasteiger partial charge on any atom is 0.333 e. The van der Waals surface area contributed by atoms with Gasteiger partial charge in [0.1, 0.15) is 12.4 Å². The average molecular weight is 415 g/mol. The minimum Gasteiger partial charge on any atom is -0.490 e. The second-order valence-corrected chi connectivity index (χ2v) is 7.65. The lowest BCUT2D eigenvalue weighted by atomic mass is 10.0. The third-order valence-electron chi connectivity index (χ3n) is 5.50. The van der Waals surface area contributed by atoms with Crippen molar-refractivity contribution in [3.8, 4) is 16.9 Å². The largest absolute Gasteiger partial charge is 0.490 e. The van der Waals surface area contributed by atoms with Crippen LogP contribution in [0.2, 0.25) is 0 Å². The minimum absolute atomic E-state index is 0.334. The predicted octanol–water partition coefficient (Wildman–Crippen LogP) is 5.52. The third kappa shape index (κ3) is 4.54. The fourth-order valence-electron chi connectivity index (χ4n) is 4.01. The monoisotopic (exact) mass is 414 g/mol. The Hall–Kier alpha value is -3.37. The van der Waals surface area contributed by atoms with Crippen LogP contribution in [-0.4, -0.2) is 30.4 Å². The molecule has 1 atom stereocenters. The van der Waals surface area contributed by atoms with Crippen molar-refractivity contribution in [3.05, 3.63) is 95.1 Å². The van der Waals surface area contributed by atoms with Crippen LogP contribution in [0.15, 0.2) is 72.8 Å². The lowest BCUT2D eigenvalue weighted by molar-refractivity contribution is -0.149. The van der Waals surface area contributed by atoms with Crippen LogP contribution in [0.5, 0.6) is 5.75 Å². The van der Waals surface area contributed by atoms with Gasteiger partial charge in [0, 0.05) is 13.0 Å². The molecule has 4 heteroatoms. The van der Waals surface area contributed by atoms with Crippen molar-refractivity contribution in [2.75, 3.05) is 13.2 Å². The molecule has 158 valence electrons. The Bertz CT molecular complexity index is 1110. The second kappa shape index (κ2) is 9.19. The maximum atomic E-state index is 11.3. The van der Waals surface area contributed by atoms with Crippen LogP contribution in [0, 0.1) is 6.92 Å². The van der Waals surface area contributed by atoms with Gasteiger partial charge in [0.05, 0.1) is 0 Å². The summed E-state index contributed by atoms with van der Waals surface area (Å²) in [5.41, 5.74) is 8.34. The van der Waals surface area contributed by atoms with Crippen LogP contribution in [0.4, 0.5) is 0 Å². The fourth-order valence-corrected chi connectivity index (χ4v) is 4.01. The van der Waals surface area contributed by atoms with Crippen molar-refractivity contribution in [3.63, 3.8) is 0 Å². The summed E-state index contributed by atoms with van der Waals surface area (Å²) in [6.07, 6.45) is 1.64. The maximum absolute atomic E-state index is 11.3. The van der Waals surface area contributed by atoms with Crippen LogP contribution in [0.3, 0.4) is 0 Å². The van der Waals surface area contributed by atoms with Crippen LogP contribution < -0.4 is 4.74 Å². The fraction of sp³-hybridized carbons (Fsp3) is 0.222. The molecule has 0 fully saturated rings. The Labute approximate surface area is 182 Å². The van der Waals surface area contributed by atoms with E-state index in [0.29, 0.717) is 19.6 Å². The molecule has 4 rings (SSSR count). The molecule has 0 aromatic heterocycles. The van der Waals surface area contributed by atoms with Crippen molar-refractivity contribution in [1.29, 1.82) is 0 Å². The zero-order valence-electron chi connectivity index (χ0n) is 17.8. The Balaban J connectivity index is 1.47. The van der Waals surface area contributed by atoms with Gasteiger partial charge in [0.2, 0.25) is 0 Å². The normalized spacial score (nSPS) is 14.2. The van der Waals surface area contributed by atoms with Gasteiger partial charge in [-0.25, -0.2) is 4.79 Å². The van der Waals surface area contributed by atoms with E-state index in [1.807, 2.05) is 24.3 Å². The highest BCUT2D eigenvalue weighted by Gasteiger charge is 2.22. The summed E-state index contributed by atoms with van der Waals surface area (Å²) in [6, 6.07) is 22.6. The molecule has 3 aromatic carbocycles. The molecule has 1 aliphatic carbocycles. The summed E-state index contributed by atoms with van der Waals surface area (Å²) in [7, 11) is 0. The molecule has 0 bridgehead atoms. The highest BCUT2D eigenvalue weighted by Crippen LogP contribution is 2.44. The number of carboxylic acids is 1. The van der Waals surface area contributed by atoms with E-state index in [1.54, 1.807) is 6.92 Å². The van der Waals surface area contributed by atoms with E-state index in [0.717, 1.165) is 11.3 Å². The summed E-state index contributed by atoms with van der Waals surface area (Å²) in [4.78, 5) is 11.3. The Morgan fingerprint density at radius 1 is 0.968 bits per heavy atom. The first-order chi connectivity index (χ1) is 15.1. The molecule has 0 radical (unpaired) electrons. The standard InChI is InChI=1S/C27H26O4/c1-3-30-26(27(28)29)17-19-9-11-20(12-10-19)31-15-14-24-22-7-5-4-6-21(22)23-13-8-18(2)16-25(23)24/h4-14,16,26H,3,15,17H2,1-2H3,(H,28,29). The van der Waals surface area contributed by atoms with E-state index in [1.165, 1.54) is 33.4 Å². The number of benzene rings is 3. The number of hydrogen-bond acceptors (Lipinski definition) is 3. The molecule has 1 N–H and O–H groups in total. The number of aryl methyl sites for hydroxylation is 1. The lowest BCUT2D eigenvalue weighted by Crippen LogP contribution is -2.26. The van der Waals surface area contributed by atoms with Crippen LogP contribution in [0.1, 0.15) is 29.2 Å². The lowest BCUT2D eigenvalue weighted by Gasteiger charge is -2.12. The van der Waals surface area contributed by atoms with Crippen LogP contribution >= 0.6 is 0 Å². The van der Waals surface area contributed by atoms with Gasteiger partial charge in [0.25, 0.3) is 0 Å². The van der Waals surface area contributed by atoms with Gasteiger partial charge in [-0.3, -0.25) is 0 Å². The number of carboxylic acid groups (broad SMARTS) is 1. The smallest absolute Gasteiger partial charge is 0.333 e. The molecule has 1 unspecified atom stereocenters. The number of carbonyl (C=O) groups is 1. The Morgan fingerprint density at radius 3 is 2.39 bits per heavy atom. The molecule has 0 aliphatic heterocycles. The molecule has 0 amide bonds. The average Bonchev–Trinajstić information content (AvgIpc) is 3.07. The quantitative estimate of drug-likeness (QED) is 0.413.